The Morgan fingerprint density at radius 3 is 2.65 bits per heavy atom. The van der Waals surface area contributed by atoms with E-state index < -0.39 is 5.82 Å². The summed E-state index contributed by atoms with van der Waals surface area (Å²) in [6.07, 6.45) is 0. The molecular weight excluding hydrogens is 285 g/mol. The van der Waals surface area contributed by atoms with Gasteiger partial charge in [0.05, 0.1) is 17.3 Å². The molecule has 5 nitrogen and oxygen atoms in total. The maximum Gasteiger partial charge on any atom is 0.322 e. The highest BCUT2D eigenvalue weighted by molar-refractivity contribution is 6.33. The number of benzene rings is 1. The second-order valence-electron chi connectivity index (χ2n) is 4.58. The molecule has 2 N–H and O–H groups in total. The number of aliphatic hydroxyl groups excluding tert-OH is 1. The van der Waals surface area contributed by atoms with Gasteiger partial charge in [-0.25, -0.2) is 9.18 Å². The maximum absolute atomic E-state index is 13.6. The molecule has 1 heterocycles. The second kappa shape index (κ2) is 6.88. The third kappa shape index (κ3) is 3.59. The Hall–Kier alpha value is -1.37. The monoisotopic (exact) mass is 301 g/mol. The van der Waals surface area contributed by atoms with Crippen LogP contribution in [-0.2, 0) is 0 Å². The Morgan fingerprint density at radius 1 is 1.35 bits per heavy atom. The molecule has 2 amide bonds. The van der Waals surface area contributed by atoms with Crippen LogP contribution in [0.4, 0.5) is 14.9 Å². The highest BCUT2D eigenvalue weighted by Crippen LogP contribution is 2.24. The molecule has 0 aliphatic carbocycles. The molecule has 0 bridgehead atoms. The Labute approximate surface area is 121 Å². The molecule has 1 fully saturated rings. The van der Waals surface area contributed by atoms with Crippen LogP contribution in [0.5, 0.6) is 0 Å². The van der Waals surface area contributed by atoms with E-state index in [2.05, 4.69) is 10.2 Å². The number of β-amino-alcohol motifs (C(OH)–C–C–N with tert-alkyl or cyclic N) is 1. The largest absolute Gasteiger partial charge is 0.395 e. The summed E-state index contributed by atoms with van der Waals surface area (Å²) >= 11 is 5.87. The Balaban J connectivity index is 1.93. The van der Waals surface area contributed by atoms with Crippen LogP contribution in [0.3, 0.4) is 0 Å². The van der Waals surface area contributed by atoms with Gasteiger partial charge in [0.2, 0.25) is 0 Å². The standard InChI is InChI=1S/C13H17ClFN3O2/c14-10-2-1-3-11(15)12(10)16-13(20)18-6-4-17(5-7-18)8-9-19/h1-3,19H,4-9H2,(H,16,20). The fraction of sp³-hybridized carbons (Fsp3) is 0.462. The molecule has 7 heteroatoms. The van der Waals surface area contributed by atoms with Crippen molar-refractivity contribution in [1.29, 1.82) is 0 Å². The summed E-state index contributed by atoms with van der Waals surface area (Å²) in [7, 11) is 0. The third-order valence-electron chi connectivity index (χ3n) is 3.27. The fourth-order valence-electron chi connectivity index (χ4n) is 2.12. The molecule has 0 radical (unpaired) electrons. The van der Waals surface area contributed by atoms with Gasteiger partial charge in [0.1, 0.15) is 5.82 Å². The first-order valence-electron chi connectivity index (χ1n) is 6.45. The normalized spacial score (nSPS) is 16.2. The van der Waals surface area contributed by atoms with E-state index in [-0.39, 0.29) is 23.3 Å². The van der Waals surface area contributed by atoms with E-state index in [1.165, 1.54) is 18.2 Å². The zero-order valence-electron chi connectivity index (χ0n) is 11.0. The molecule has 0 saturated carbocycles. The Bertz CT molecular complexity index is 458. The number of para-hydroxylation sites is 1. The van der Waals surface area contributed by atoms with E-state index in [0.29, 0.717) is 32.7 Å². The molecule has 1 saturated heterocycles. The lowest BCUT2D eigenvalue weighted by molar-refractivity contribution is 0.127. The maximum atomic E-state index is 13.6. The molecule has 0 atom stereocenters. The molecule has 0 aromatic heterocycles. The zero-order valence-corrected chi connectivity index (χ0v) is 11.7. The number of amides is 2. The van der Waals surface area contributed by atoms with Crippen LogP contribution in [0, 0.1) is 5.82 Å². The average Bonchev–Trinajstić information content (AvgIpc) is 2.44. The summed E-state index contributed by atoms with van der Waals surface area (Å²) in [5.41, 5.74) is 0.0111. The molecule has 1 aliphatic heterocycles. The van der Waals surface area contributed by atoms with Gasteiger partial charge in [0.15, 0.2) is 0 Å². The van der Waals surface area contributed by atoms with Crippen LogP contribution < -0.4 is 5.32 Å². The van der Waals surface area contributed by atoms with Gasteiger partial charge in [0.25, 0.3) is 0 Å². The van der Waals surface area contributed by atoms with Crippen LogP contribution in [-0.4, -0.2) is 60.3 Å². The van der Waals surface area contributed by atoms with Crippen LogP contribution in [0.25, 0.3) is 0 Å². The van der Waals surface area contributed by atoms with Crippen molar-refractivity contribution in [1.82, 2.24) is 9.80 Å². The van der Waals surface area contributed by atoms with Crippen LogP contribution >= 0.6 is 11.6 Å². The number of carbonyl (C=O) groups is 1. The van der Waals surface area contributed by atoms with Crippen LogP contribution in [0.2, 0.25) is 5.02 Å². The summed E-state index contributed by atoms with van der Waals surface area (Å²) in [5, 5.41) is 11.5. The van der Waals surface area contributed by atoms with Crippen molar-refractivity contribution in [3.63, 3.8) is 0 Å². The molecule has 0 unspecified atom stereocenters. The van der Waals surface area contributed by atoms with E-state index in [9.17, 15) is 9.18 Å². The van der Waals surface area contributed by atoms with Crippen molar-refractivity contribution >= 4 is 23.3 Å². The summed E-state index contributed by atoms with van der Waals surface area (Å²) in [5.74, 6) is -0.551. The number of anilines is 1. The second-order valence-corrected chi connectivity index (χ2v) is 4.99. The number of piperazine rings is 1. The predicted molar refractivity (Wildman–Crippen MR) is 75.5 cm³/mol. The molecule has 1 aromatic rings. The smallest absolute Gasteiger partial charge is 0.322 e. The number of urea groups is 1. The lowest BCUT2D eigenvalue weighted by Gasteiger charge is -2.34. The van der Waals surface area contributed by atoms with E-state index >= 15 is 0 Å². The minimum Gasteiger partial charge on any atom is -0.395 e. The summed E-state index contributed by atoms with van der Waals surface area (Å²) in [4.78, 5) is 15.7. The molecule has 20 heavy (non-hydrogen) atoms. The lowest BCUT2D eigenvalue weighted by Crippen LogP contribution is -2.50. The Kier molecular flexibility index (Phi) is 5.17. The molecule has 0 spiro atoms. The summed E-state index contributed by atoms with van der Waals surface area (Å²) in [6, 6.07) is 3.90. The van der Waals surface area contributed by atoms with E-state index in [1.807, 2.05) is 0 Å². The SMILES string of the molecule is O=C(Nc1c(F)cccc1Cl)N1CCN(CCO)CC1. The summed E-state index contributed by atoms with van der Waals surface area (Å²) in [6.45, 7) is 3.18. The topological polar surface area (TPSA) is 55.8 Å². The van der Waals surface area contributed by atoms with Gasteiger partial charge in [-0.2, -0.15) is 0 Å². The van der Waals surface area contributed by atoms with Gasteiger partial charge in [-0.1, -0.05) is 17.7 Å². The number of carbonyl (C=O) groups excluding carboxylic acids is 1. The molecule has 2 rings (SSSR count). The number of hydrogen-bond donors (Lipinski definition) is 2. The van der Waals surface area contributed by atoms with Gasteiger partial charge in [-0.05, 0) is 12.1 Å². The quantitative estimate of drug-likeness (QED) is 0.892. The molecule has 110 valence electrons. The first kappa shape index (κ1) is 15.0. The van der Waals surface area contributed by atoms with E-state index in [4.69, 9.17) is 16.7 Å². The van der Waals surface area contributed by atoms with Crippen LogP contribution in [0.15, 0.2) is 18.2 Å². The number of hydrogen-bond acceptors (Lipinski definition) is 3. The third-order valence-corrected chi connectivity index (χ3v) is 3.59. The first-order valence-corrected chi connectivity index (χ1v) is 6.83. The predicted octanol–water partition coefficient (Wildman–Crippen LogP) is 1.62. The number of halogens is 2. The van der Waals surface area contributed by atoms with E-state index in [1.54, 1.807) is 4.90 Å². The number of nitrogens with zero attached hydrogens (tertiary/aromatic N) is 2. The van der Waals surface area contributed by atoms with Gasteiger partial charge < -0.3 is 15.3 Å². The van der Waals surface area contributed by atoms with Crippen molar-refractivity contribution in [2.45, 2.75) is 0 Å². The average molecular weight is 302 g/mol. The molecular formula is C13H17ClFN3O2. The zero-order chi connectivity index (χ0) is 14.5. The van der Waals surface area contributed by atoms with Gasteiger partial charge in [0, 0.05) is 32.7 Å². The van der Waals surface area contributed by atoms with Crippen LogP contribution in [0.1, 0.15) is 0 Å². The van der Waals surface area contributed by atoms with Crippen molar-refractivity contribution in [3.05, 3.63) is 29.0 Å². The fourth-order valence-corrected chi connectivity index (χ4v) is 2.33. The number of rotatable bonds is 3. The first-order chi connectivity index (χ1) is 9.61. The Morgan fingerprint density at radius 2 is 2.05 bits per heavy atom. The molecule has 1 aromatic carbocycles. The van der Waals surface area contributed by atoms with Crippen molar-refractivity contribution in [2.24, 2.45) is 0 Å². The van der Waals surface area contributed by atoms with Crippen molar-refractivity contribution in [3.8, 4) is 0 Å². The van der Waals surface area contributed by atoms with Gasteiger partial charge >= 0.3 is 6.03 Å². The number of nitrogens with one attached hydrogen (secondary N) is 1. The van der Waals surface area contributed by atoms with Crippen molar-refractivity contribution in [2.75, 3.05) is 44.6 Å². The number of aliphatic hydroxyl groups is 1. The van der Waals surface area contributed by atoms with Gasteiger partial charge in [-0.15, -0.1) is 0 Å². The lowest BCUT2D eigenvalue weighted by atomic mass is 10.3. The summed E-state index contributed by atoms with van der Waals surface area (Å²) < 4.78 is 13.6. The molecule has 1 aliphatic rings. The van der Waals surface area contributed by atoms with E-state index in [0.717, 1.165) is 0 Å². The minimum atomic E-state index is -0.551. The van der Waals surface area contributed by atoms with Crippen molar-refractivity contribution < 1.29 is 14.3 Å². The highest BCUT2D eigenvalue weighted by Gasteiger charge is 2.22. The minimum absolute atomic E-state index is 0.0111. The van der Waals surface area contributed by atoms with Gasteiger partial charge in [-0.3, -0.25) is 4.90 Å². The highest BCUT2D eigenvalue weighted by atomic mass is 35.5.